The van der Waals surface area contributed by atoms with Crippen LogP contribution in [0.1, 0.15) is 44.0 Å². The number of hydrogen-bond donors (Lipinski definition) is 2. The van der Waals surface area contributed by atoms with Gasteiger partial charge in [-0.05, 0) is 50.0 Å². The molecule has 2 aromatic heterocycles. The molecule has 30 heavy (non-hydrogen) atoms. The Bertz CT molecular complexity index is 937. The molecule has 1 saturated carbocycles. The van der Waals surface area contributed by atoms with Crippen LogP contribution in [0.25, 0.3) is 0 Å². The molecule has 4 rings (SSSR count). The van der Waals surface area contributed by atoms with Crippen molar-refractivity contribution < 1.29 is 10.2 Å². The van der Waals surface area contributed by atoms with Gasteiger partial charge in [0.15, 0.2) is 5.82 Å². The highest BCUT2D eigenvalue weighted by atomic mass is 35.5. The zero-order valence-corrected chi connectivity index (χ0v) is 19.4. The summed E-state index contributed by atoms with van der Waals surface area (Å²) in [7, 11) is 0. The van der Waals surface area contributed by atoms with Crippen molar-refractivity contribution in [2.24, 2.45) is 11.3 Å². The summed E-state index contributed by atoms with van der Waals surface area (Å²) in [6.07, 6.45) is 5.27. The molecule has 1 aliphatic carbocycles. The lowest BCUT2D eigenvalue weighted by Gasteiger charge is -2.43. The second-order valence-corrected chi connectivity index (χ2v) is 10.2. The van der Waals surface area contributed by atoms with Gasteiger partial charge in [-0.1, -0.05) is 41.9 Å². The first kappa shape index (κ1) is 22.1. The highest BCUT2D eigenvalue weighted by Gasteiger charge is 2.46. The predicted octanol–water partition coefficient (Wildman–Crippen LogP) is 4.51. The van der Waals surface area contributed by atoms with Crippen LogP contribution in [0, 0.1) is 18.3 Å². The summed E-state index contributed by atoms with van der Waals surface area (Å²) in [5.74, 6) is 1.29. The molecule has 9 heteroatoms. The Hall–Kier alpha value is -1.12. The monoisotopic (exact) mass is 468 g/mol. The maximum atomic E-state index is 10.1. The largest absolute Gasteiger partial charge is 0.393 e. The van der Waals surface area contributed by atoms with Crippen LogP contribution in [0.2, 0.25) is 10.2 Å². The molecule has 0 bridgehead atoms. The van der Waals surface area contributed by atoms with Crippen molar-refractivity contribution >= 4 is 40.8 Å². The topological polar surface area (TPSA) is 82.4 Å². The SMILES string of the molecule is Cc1nc(N2CCC3(CC2)C[C@H](O)C[C@H]3C)c(CO)nc1Sc1ccnc(Cl)c1Cl. The van der Waals surface area contributed by atoms with Crippen LogP contribution in [-0.4, -0.2) is 44.4 Å². The third-order valence-electron chi connectivity index (χ3n) is 6.62. The van der Waals surface area contributed by atoms with Gasteiger partial charge in [0.1, 0.15) is 15.9 Å². The van der Waals surface area contributed by atoms with Crippen LogP contribution in [0.15, 0.2) is 22.2 Å². The fourth-order valence-electron chi connectivity index (χ4n) is 4.84. The number of aliphatic hydroxyl groups is 2. The second-order valence-electron chi connectivity index (χ2n) is 8.40. The molecule has 2 N–H and O–H groups in total. The van der Waals surface area contributed by atoms with Crippen LogP contribution >= 0.6 is 35.0 Å². The van der Waals surface area contributed by atoms with Crippen molar-refractivity contribution in [2.45, 2.75) is 62.2 Å². The Balaban J connectivity index is 1.55. The Morgan fingerprint density at radius 3 is 2.63 bits per heavy atom. The van der Waals surface area contributed by atoms with Gasteiger partial charge < -0.3 is 15.1 Å². The highest BCUT2D eigenvalue weighted by Crippen LogP contribution is 2.50. The number of aryl methyl sites for hydroxylation is 1. The molecule has 6 nitrogen and oxygen atoms in total. The van der Waals surface area contributed by atoms with Crippen molar-refractivity contribution in [1.29, 1.82) is 0 Å². The van der Waals surface area contributed by atoms with Crippen LogP contribution in [0.5, 0.6) is 0 Å². The molecular weight excluding hydrogens is 443 g/mol. The summed E-state index contributed by atoms with van der Waals surface area (Å²) in [6.45, 7) is 5.71. The van der Waals surface area contributed by atoms with E-state index in [2.05, 4.69) is 16.8 Å². The number of aromatic nitrogens is 3. The average molecular weight is 469 g/mol. The van der Waals surface area contributed by atoms with E-state index >= 15 is 0 Å². The zero-order valence-electron chi connectivity index (χ0n) is 17.1. The maximum absolute atomic E-state index is 10.1. The van der Waals surface area contributed by atoms with Gasteiger partial charge in [-0.3, -0.25) is 0 Å². The summed E-state index contributed by atoms with van der Waals surface area (Å²) in [4.78, 5) is 16.4. The minimum Gasteiger partial charge on any atom is -0.393 e. The molecule has 2 fully saturated rings. The average Bonchev–Trinajstić information content (AvgIpc) is 2.99. The molecule has 2 atom stereocenters. The molecule has 0 amide bonds. The molecule has 1 spiro atoms. The van der Waals surface area contributed by atoms with Gasteiger partial charge in [0.05, 0.1) is 23.4 Å². The van der Waals surface area contributed by atoms with Crippen LogP contribution in [0.3, 0.4) is 0 Å². The van der Waals surface area contributed by atoms with E-state index in [1.807, 2.05) is 6.92 Å². The lowest BCUT2D eigenvalue weighted by molar-refractivity contribution is 0.132. The van der Waals surface area contributed by atoms with Crippen molar-refractivity contribution in [3.63, 3.8) is 0 Å². The summed E-state index contributed by atoms with van der Waals surface area (Å²) >= 11 is 13.7. The van der Waals surface area contributed by atoms with Gasteiger partial charge in [0.25, 0.3) is 0 Å². The number of hydrogen-bond acceptors (Lipinski definition) is 7. The molecule has 1 aliphatic heterocycles. The number of rotatable bonds is 4. The van der Waals surface area contributed by atoms with Gasteiger partial charge in [-0.15, -0.1) is 0 Å². The quantitative estimate of drug-likeness (QED) is 0.638. The first-order valence-corrected chi connectivity index (χ1v) is 11.8. The lowest BCUT2D eigenvalue weighted by atomic mass is 9.71. The fraction of sp³-hybridized carbons (Fsp3) is 0.571. The number of halogens is 2. The van der Waals surface area contributed by atoms with Gasteiger partial charge in [0, 0.05) is 24.2 Å². The summed E-state index contributed by atoms with van der Waals surface area (Å²) in [5, 5.41) is 21.4. The Kier molecular flexibility index (Phi) is 6.47. The van der Waals surface area contributed by atoms with Crippen LogP contribution in [-0.2, 0) is 6.61 Å². The number of pyridine rings is 1. The number of anilines is 1. The van der Waals surface area contributed by atoms with E-state index in [0.717, 1.165) is 55.2 Å². The molecule has 3 heterocycles. The standard InChI is InChI=1S/C21H26Cl2N4O2S/c1-12-9-14(29)10-21(12)4-7-27(8-5-21)19-15(11-28)26-20(13(2)25-19)30-16-3-6-24-18(23)17(16)22/h3,6,12,14,28-29H,4-5,7-11H2,1-2H3/t12-,14-/m1/s1. The van der Waals surface area contributed by atoms with Gasteiger partial charge in [-0.25, -0.2) is 15.0 Å². The van der Waals surface area contributed by atoms with E-state index in [9.17, 15) is 10.2 Å². The summed E-state index contributed by atoms with van der Waals surface area (Å²) < 4.78 is 0. The Morgan fingerprint density at radius 1 is 1.27 bits per heavy atom. The summed E-state index contributed by atoms with van der Waals surface area (Å²) in [5.41, 5.74) is 1.57. The predicted molar refractivity (Wildman–Crippen MR) is 119 cm³/mol. The van der Waals surface area contributed by atoms with Gasteiger partial charge in [-0.2, -0.15) is 0 Å². The molecule has 162 valence electrons. The first-order chi connectivity index (χ1) is 14.3. The van der Waals surface area contributed by atoms with E-state index in [-0.39, 0.29) is 23.3 Å². The number of nitrogens with zero attached hydrogens (tertiary/aromatic N) is 4. The van der Waals surface area contributed by atoms with Gasteiger partial charge >= 0.3 is 0 Å². The van der Waals surface area contributed by atoms with E-state index in [0.29, 0.717) is 21.7 Å². The van der Waals surface area contributed by atoms with Crippen molar-refractivity contribution in [2.75, 3.05) is 18.0 Å². The molecule has 0 aromatic carbocycles. The molecule has 2 aliphatic rings. The van der Waals surface area contributed by atoms with Gasteiger partial charge in [0.2, 0.25) is 0 Å². The maximum Gasteiger partial charge on any atom is 0.153 e. The van der Waals surface area contributed by atoms with Crippen molar-refractivity contribution in [3.05, 3.63) is 33.8 Å². The minimum absolute atomic E-state index is 0.175. The molecule has 2 aromatic rings. The van der Waals surface area contributed by atoms with Crippen LogP contribution < -0.4 is 4.90 Å². The van der Waals surface area contributed by atoms with E-state index in [1.54, 1.807) is 12.3 Å². The molecule has 1 saturated heterocycles. The third kappa shape index (κ3) is 4.15. The van der Waals surface area contributed by atoms with E-state index in [4.69, 9.17) is 33.2 Å². The molecular formula is C21H26Cl2N4O2S. The van der Waals surface area contributed by atoms with E-state index in [1.165, 1.54) is 11.8 Å². The van der Waals surface area contributed by atoms with Crippen LogP contribution in [0.4, 0.5) is 5.82 Å². The number of aliphatic hydroxyl groups excluding tert-OH is 2. The highest BCUT2D eigenvalue weighted by molar-refractivity contribution is 7.99. The number of piperidine rings is 1. The molecule has 0 unspecified atom stereocenters. The lowest BCUT2D eigenvalue weighted by Crippen LogP contribution is -2.42. The minimum atomic E-state index is -0.183. The third-order valence-corrected chi connectivity index (χ3v) is 8.64. The Morgan fingerprint density at radius 2 is 2.00 bits per heavy atom. The molecule has 0 radical (unpaired) electrons. The van der Waals surface area contributed by atoms with Crippen molar-refractivity contribution in [1.82, 2.24) is 15.0 Å². The van der Waals surface area contributed by atoms with Crippen molar-refractivity contribution in [3.8, 4) is 0 Å². The normalized spacial score (nSPS) is 23.3. The Labute approximate surface area is 191 Å². The second kappa shape index (κ2) is 8.79. The zero-order chi connectivity index (χ0) is 21.5. The first-order valence-electron chi connectivity index (χ1n) is 10.2. The fourth-order valence-corrected chi connectivity index (χ4v) is 6.15. The smallest absolute Gasteiger partial charge is 0.153 e. The van der Waals surface area contributed by atoms with E-state index < -0.39 is 0 Å². The summed E-state index contributed by atoms with van der Waals surface area (Å²) in [6, 6.07) is 1.79.